The molecular weight excluding hydrogens is 416 g/mol. The molecule has 166 valence electrons. The van der Waals surface area contributed by atoms with Crippen molar-refractivity contribution >= 4 is 23.2 Å². The number of carbonyl (C=O) groups is 2. The molecule has 1 heterocycles. The second-order valence-corrected chi connectivity index (χ2v) is 7.54. The summed E-state index contributed by atoms with van der Waals surface area (Å²) in [5, 5.41) is 10.4. The molecule has 0 unspecified atom stereocenters. The Morgan fingerprint density at radius 1 is 0.939 bits per heavy atom. The highest BCUT2D eigenvalue weighted by atomic mass is 16.5. The Balaban J connectivity index is 1.77. The van der Waals surface area contributed by atoms with Gasteiger partial charge in [0.05, 0.1) is 24.0 Å². The number of anilines is 2. The normalized spacial score (nSPS) is 10.5. The molecule has 33 heavy (non-hydrogen) atoms. The van der Waals surface area contributed by atoms with E-state index in [1.165, 1.54) is 14.0 Å². The zero-order valence-electron chi connectivity index (χ0n) is 18.6. The van der Waals surface area contributed by atoms with Crippen LogP contribution < -0.4 is 15.4 Å². The first-order valence-corrected chi connectivity index (χ1v) is 10.4. The van der Waals surface area contributed by atoms with E-state index in [0.717, 1.165) is 16.8 Å². The van der Waals surface area contributed by atoms with E-state index in [1.807, 2.05) is 61.5 Å². The van der Waals surface area contributed by atoms with Gasteiger partial charge in [-0.1, -0.05) is 42.5 Å². The van der Waals surface area contributed by atoms with E-state index < -0.39 is 0 Å². The first kappa shape index (κ1) is 21.8. The summed E-state index contributed by atoms with van der Waals surface area (Å²) in [6, 6.07) is 22.5. The molecule has 0 aliphatic rings. The standard InChI is InChI=1S/C26H24N4O3/c1-17-9-7-8-12-21(17)25-22(16-30(29-25)20-10-5-4-6-11-20)26(32)28-23-15-19(27-18(2)31)13-14-24(23)33-3/h4-16H,1-3H3,(H,27,31)(H,28,32). The minimum atomic E-state index is -0.339. The maximum absolute atomic E-state index is 13.5. The lowest BCUT2D eigenvalue weighted by atomic mass is 10.0. The Hall–Kier alpha value is -4.39. The molecule has 0 bridgehead atoms. The van der Waals surface area contributed by atoms with Crippen LogP contribution in [0.4, 0.5) is 11.4 Å². The van der Waals surface area contributed by atoms with E-state index in [1.54, 1.807) is 29.1 Å². The van der Waals surface area contributed by atoms with Gasteiger partial charge in [-0.2, -0.15) is 5.10 Å². The van der Waals surface area contributed by atoms with Crippen LogP contribution in [0, 0.1) is 6.92 Å². The molecule has 0 aliphatic carbocycles. The van der Waals surface area contributed by atoms with Crippen molar-refractivity contribution in [2.24, 2.45) is 0 Å². The fourth-order valence-corrected chi connectivity index (χ4v) is 3.57. The molecule has 0 radical (unpaired) electrons. The summed E-state index contributed by atoms with van der Waals surface area (Å²) in [6.45, 7) is 3.41. The molecule has 0 atom stereocenters. The highest BCUT2D eigenvalue weighted by Gasteiger charge is 2.21. The number of rotatable bonds is 6. The Morgan fingerprint density at radius 3 is 2.36 bits per heavy atom. The molecule has 2 amide bonds. The molecule has 0 spiro atoms. The number of amides is 2. The predicted octanol–water partition coefficient (Wildman–Crippen LogP) is 5.07. The summed E-state index contributed by atoms with van der Waals surface area (Å²) < 4.78 is 7.10. The van der Waals surface area contributed by atoms with Gasteiger partial charge < -0.3 is 15.4 Å². The van der Waals surface area contributed by atoms with Gasteiger partial charge in [0.1, 0.15) is 11.4 Å². The molecular formula is C26H24N4O3. The minimum absolute atomic E-state index is 0.205. The van der Waals surface area contributed by atoms with E-state index in [-0.39, 0.29) is 11.8 Å². The summed E-state index contributed by atoms with van der Waals surface area (Å²) in [5.74, 6) is -0.0672. The summed E-state index contributed by atoms with van der Waals surface area (Å²) >= 11 is 0. The number of aromatic nitrogens is 2. The average Bonchev–Trinajstić information content (AvgIpc) is 3.25. The number of hydrogen-bond donors (Lipinski definition) is 2. The molecule has 4 rings (SSSR count). The van der Waals surface area contributed by atoms with Crippen LogP contribution in [0.5, 0.6) is 5.75 Å². The summed E-state index contributed by atoms with van der Waals surface area (Å²) in [6.07, 6.45) is 1.72. The molecule has 1 aromatic heterocycles. The van der Waals surface area contributed by atoms with Crippen molar-refractivity contribution in [2.45, 2.75) is 13.8 Å². The molecule has 0 saturated carbocycles. The quantitative estimate of drug-likeness (QED) is 0.439. The highest BCUT2D eigenvalue weighted by molar-refractivity contribution is 6.09. The van der Waals surface area contributed by atoms with Gasteiger partial charge in [-0.25, -0.2) is 4.68 Å². The largest absolute Gasteiger partial charge is 0.495 e. The summed E-state index contributed by atoms with van der Waals surface area (Å²) in [7, 11) is 1.52. The number of nitrogens with zero attached hydrogens (tertiary/aromatic N) is 2. The zero-order chi connectivity index (χ0) is 23.4. The average molecular weight is 441 g/mol. The summed E-state index contributed by atoms with van der Waals surface area (Å²) in [5.41, 5.74) is 4.71. The van der Waals surface area contributed by atoms with E-state index in [2.05, 4.69) is 10.6 Å². The van der Waals surface area contributed by atoms with Crippen LogP contribution in [-0.4, -0.2) is 28.7 Å². The van der Waals surface area contributed by atoms with Crippen molar-refractivity contribution in [1.82, 2.24) is 9.78 Å². The number of benzene rings is 3. The van der Waals surface area contributed by atoms with Gasteiger partial charge in [-0.15, -0.1) is 0 Å². The Kier molecular flexibility index (Phi) is 6.22. The predicted molar refractivity (Wildman–Crippen MR) is 129 cm³/mol. The van der Waals surface area contributed by atoms with Crippen LogP contribution in [0.1, 0.15) is 22.8 Å². The van der Waals surface area contributed by atoms with Crippen molar-refractivity contribution in [3.8, 4) is 22.7 Å². The molecule has 0 aliphatic heterocycles. The molecule has 0 saturated heterocycles. The van der Waals surface area contributed by atoms with Crippen LogP contribution >= 0.6 is 0 Å². The smallest absolute Gasteiger partial charge is 0.259 e. The van der Waals surface area contributed by atoms with Gasteiger partial charge in [-0.05, 0) is 42.8 Å². The maximum Gasteiger partial charge on any atom is 0.259 e. The van der Waals surface area contributed by atoms with Gasteiger partial charge in [-0.3, -0.25) is 9.59 Å². The first-order valence-electron chi connectivity index (χ1n) is 10.4. The minimum Gasteiger partial charge on any atom is -0.495 e. The number of aryl methyl sites for hydroxylation is 1. The van der Waals surface area contributed by atoms with Crippen molar-refractivity contribution < 1.29 is 14.3 Å². The van der Waals surface area contributed by atoms with Gasteiger partial charge in [0, 0.05) is 24.4 Å². The molecule has 3 aromatic carbocycles. The van der Waals surface area contributed by atoms with Crippen LogP contribution in [0.25, 0.3) is 16.9 Å². The molecule has 0 fully saturated rings. The highest BCUT2D eigenvalue weighted by Crippen LogP contribution is 2.31. The van der Waals surface area contributed by atoms with Crippen molar-refractivity contribution in [1.29, 1.82) is 0 Å². The Labute approximate surface area is 192 Å². The van der Waals surface area contributed by atoms with Crippen molar-refractivity contribution in [3.05, 3.63) is 90.1 Å². The Morgan fingerprint density at radius 2 is 1.67 bits per heavy atom. The van der Waals surface area contributed by atoms with E-state index in [9.17, 15) is 9.59 Å². The monoisotopic (exact) mass is 440 g/mol. The van der Waals surface area contributed by atoms with Gasteiger partial charge in [0.2, 0.25) is 5.91 Å². The summed E-state index contributed by atoms with van der Waals surface area (Å²) in [4.78, 5) is 24.9. The second kappa shape index (κ2) is 9.40. The number of carbonyl (C=O) groups excluding carboxylic acids is 2. The third kappa shape index (κ3) is 4.77. The van der Waals surface area contributed by atoms with Crippen LogP contribution in [0.15, 0.2) is 79.0 Å². The van der Waals surface area contributed by atoms with Crippen LogP contribution in [0.3, 0.4) is 0 Å². The van der Waals surface area contributed by atoms with Crippen molar-refractivity contribution in [2.75, 3.05) is 17.7 Å². The van der Waals surface area contributed by atoms with Crippen molar-refractivity contribution in [3.63, 3.8) is 0 Å². The molecule has 7 nitrogen and oxygen atoms in total. The fraction of sp³-hybridized carbons (Fsp3) is 0.115. The number of methoxy groups -OCH3 is 1. The van der Waals surface area contributed by atoms with Gasteiger partial charge >= 0.3 is 0 Å². The van der Waals surface area contributed by atoms with Gasteiger partial charge in [0.15, 0.2) is 0 Å². The van der Waals surface area contributed by atoms with Crippen LogP contribution in [0.2, 0.25) is 0 Å². The topological polar surface area (TPSA) is 85.3 Å². The number of hydrogen-bond acceptors (Lipinski definition) is 4. The lowest BCUT2D eigenvalue weighted by Gasteiger charge is -2.12. The first-order chi connectivity index (χ1) is 16.0. The second-order valence-electron chi connectivity index (χ2n) is 7.54. The van der Waals surface area contributed by atoms with E-state index >= 15 is 0 Å². The number of ether oxygens (including phenoxy) is 1. The zero-order valence-corrected chi connectivity index (χ0v) is 18.6. The van der Waals surface area contributed by atoms with E-state index in [4.69, 9.17) is 9.84 Å². The molecule has 2 N–H and O–H groups in total. The molecule has 4 aromatic rings. The van der Waals surface area contributed by atoms with E-state index in [0.29, 0.717) is 28.4 Å². The third-order valence-corrected chi connectivity index (χ3v) is 5.15. The lowest BCUT2D eigenvalue weighted by molar-refractivity contribution is -0.114. The third-order valence-electron chi connectivity index (χ3n) is 5.15. The lowest BCUT2D eigenvalue weighted by Crippen LogP contribution is -2.14. The maximum atomic E-state index is 13.5. The van der Waals surface area contributed by atoms with Gasteiger partial charge in [0.25, 0.3) is 5.91 Å². The van der Waals surface area contributed by atoms with Crippen LogP contribution in [-0.2, 0) is 4.79 Å². The SMILES string of the molecule is COc1ccc(NC(C)=O)cc1NC(=O)c1cn(-c2ccccc2)nc1-c1ccccc1C. The number of nitrogens with one attached hydrogen (secondary N) is 2. The fourth-order valence-electron chi connectivity index (χ4n) is 3.57. The number of para-hydroxylation sites is 1. The molecule has 7 heteroatoms. The Bertz CT molecular complexity index is 1310.